The van der Waals surface area contributed by atoms with E-state index in [-0.39, 0.29) is 11.7 Å². The summed E-state index contributed by atoms with van der Waals surface area (Å²) in [6.07, 6.45) is 1.42. The highest BCUT2D eigenvalue weighted by Gasteiger charge is 2.19. The van der Waals surface area contributed by atoms with Gasteiger partial charge < -0.3 is 19.2 Å². The Labute approximate surface area is 148 Å². The minimum Gasteiger partial charge on any atom is -0.493 e. The highest BCUT2D eigenvalue weighted by Crippen LogP contribution is 2.31. The summed E-state index contributed by atoms with van der Waals surface area (Å²) in [5, 5.41) is 3.23. The van der Waals surface area contributed by atoms with Crippen molar-refractivity contribution < 1.29 is 23.5 Å². The van der Waals surface area contributed by atoms with Crippen LogP contribution in [0.15, 0.2) is 53.1 Å². The Kier molecular flexibility index (Phi) is 4.85. The fourth-order valence-corrected chi connectivity index (χ4v) is 3.12. The zero-order chi connectivity index (χ0) is 17.8. The van der Waals surface area contributed by atoms with E-state index >= 15 is 0 Å². The van der Waals surface area contributed by atoms with Crippen LogP contribution in [0.5, 0.6) is 11.5 Å². The minimum absolute atomic E-state index is 0.198. The second-order valence-electron chi connectivity index (χ2n) is 5.09. The van der Waals surface area contributed by atoms with Crippen molar-refractivity contribution >= 4 is 28.2 Å². The summed E-state index contributed by atoms with van der Waals surface area (Å²) < 4.78 is 15.6. The Morgan fingerprint density at radius 3 is 2.56 bits per heavy atom. The molecule has 3 rings (SSSR count). The maximum atomic E-state index is 12.4. The number of esters is 1. The van der Waals surface area contributed by atoms with Gasteiger partial charge in [-0.1, -0.05) is 12.1 Å². The molecule has 0 atom stereocenters. The first-order chi connectivity index (χ1) is 12.1. The van der Waals surface area contributed by atoms with Crippen molar-refractivity contribution in [3.63, 3.8) is 0 Å². The Hall–Kier alpha value is -3.06. The van der Waals surface area contributed by atoms with Gasteiger partial charge >= 0.3 is 5.97 Å². The number of anilines is 1. The SMILES string of the molecule is COc1ccccc1OC(=O)c1sc(NC(=O)c2ccco2)cc1C. The van der Waals surface area contributed by atoms with Crippen LogP contribution < -0.4 is 14.8 Å². The summed E-state index contributed by atoms with van der Waals surface area (Å²) >= 11 is 1.14. The summed E-state index contributed by atoms with van der Waals surface area (Å²) in [6, 6.07) is 11.8. The van der Waals surface area contributed by atoms with Crippen molar-refractivity contribution in [1.82, 2.24) is 0 Å². The normalized spacial score (nSPS) is 10.3. The predicted octanol–water partition coefficient (Wildman–Crippen LogP) is 4.13. The van der Waals surface area contributed by atoms with E-state index in [1.54, 1.807) is 49.4 Å². The van der Waals surface area contributed by atoms with Crippen molar-refractivity contribution in [2.45, 2.75) is 6.92 Å². The van der Waals surface area contributed by atoms with Gasteiger partial charge in [0.1, 0.15) is 4.88 Å². The van der Waals surface area contributed by atoms with Gasteiger partial charge in [-0.05, 0) is 42.8 Å². The van der Waals surface area contributed by atoms with Gasteiger partial charge in [-0.25, -0.2) is 4.79 Å². The van der Waals surface area contributed by atoms with Gasteiger partial charge in [0.05, 0.1) is 18.4 Å². The summed E-state index contributed by atoms with van der Waals surface area (Å²) in [5.74, 6) is 0.117. The lowest BCUT2D eigenvalue weighted by molar-refractivity contribution is 0.0734. The molecular formula is C18H15NO5S. The van der Waals surface area contributed by atoms with Gasteiger partial charge in [0.25, 0.3) is 5.91 Å². The average molecular weight is 357 g/mol. The second-order valence-corrected chi connectivity index (χ2v) is 6.15. The van der Waals surface area contributed by atoms with E-state index in [4.69, 9.17) is 13.9 Å². The fraction of sp³-hybridized carbons (Fsp3) is 0.111. The second kappa shape index (κ2) is 7.23. The molecule has 0 aliphatic rings. The van der Waals surface area contributed by atoms with Gasteiger partial charge in [0, 0.05) is 0 Å². The lowest BCUT2D eigenvalue weighted by Gasteiger charge is -2.08. The van der Waals surface area contributed by atoms with Crippen molar-refractivity contribution in [1.29, 1.82) is 0 Å². The van der Waals surface area contributed by atoms with Crippen LogP contribution in [0.3, 0.4) is 0 Å². The van der Waals surface area contributed by atoms with E-state index in [1.807, 2.05) is 0 Å². The molecule has 7 heteroatoms. The molecule has 0 saturated carbocycles. The largest absolute Gasteiger partial charge is 0.493 e. The summed E-state index contributed by atoms with van der Waals surface area (Å²) in [6.45, 7) is 1.78. The molecule has 6 nitrogen and oxygen atoms in total. The highest BCUT2D eigenvalue weighted by molar-refractivity contribution is 7.18. The monoisotopic (exact) mass is 357 g/mol. The Morgan fingerprint density at radius 2 is 1.88 bits per heavy atom. The third-order valence-corrected chi connectivity index (χ3v) is 4.49. The van der Waals surface area contributed by atoms with E-state index in [0.717, 1.165) is 11.3 Å². The van der Waals surface area contributed by atoms with E-state index < -0.39 is 5.97 Å². The number of thiophene rings is 1. The summed E-state index contributed by atoms with van der Waals surface area (Å²) in [7, 11) is 1.51. The van der Waals surface area contributed by atoms with Gasteiger partial charge in [0.2, 0.25) is 0 Å². The molecule has 0 radical (unpaired) electrons. The first-order valence-electron chi connectivity index (χ1n) is 7.39. The number of para-hydroxylation sites is 2. The summed E-state index contributed by atoms with van der Waals surface area (Å²) in [4.78, 5) is 24.8. The van der Waals surface area contributed by atoms with Crippen LogP contribution in [0.4, 0.5) is 5.00 Å². The number of ether oxygens (including phenoxy) is 2. The predicted molar refractivity (Wildman–Crippen MR) is 93.7 cm³/mol. The molecule has 0 saturated heterocycles. The number of methoxy groups -OCH3 is 1. The van der Waals surface area contributed by atoms with Crippen molar-refractivity contribution in [3.8, 4) is 11.5 Å². The molecule has 128 valence electrons. The molecule has 2 heterocycles. The van der Waals surface area contributed by atoms with Crippen LogP contribution in [-0.4, -0.2) is 19.0 Å². The van der Waals surface area contributed by atoms with Crippen LogP contribution in [0, 0.1) is 6.92 Å². The number of nitrogens with one attached hydrogen (secondary N) is 1. The first kappa shape index (κ1) is 16.8. The lowest BCUT2D eigenvalue weighted by Crippen LogP contribution is -2.09. The van der Waals surface area contributed by atoms with Crippen LogP contribution in [-0.2, 0) is 0 Å². The fourth-order valence-electron chi connectivity index (χ4n) is 2.18. The molecule has 2 aromatic heterocycles. The van der Waals surface area contributed by atoms with Gasteiger partial charge in [-0.15, -0.1) is 11.3 Å². The molecule has 1 N–H and O–H groups in total. The van der Waals surface area contributed by atoms with Gasteiger partial charge in [0.15, 0.2) is 17.3 Å². The number of hydrogen-bond donors (Lipinski definition) is 1. The Bertz CT molecular complexity index is 898. The smallest absolute Gasteiger partial charge is 0.354 e. The molecule has 1 aromatic carbocycles. The van der Waals surface area contributed by atoms with E-state index in [2.05, 4.69) is 5.32 Å². The number of hydrogen-bond acceptors (Lipinski definition) is 6. The molecule has 0 unspecified atom stereocenters. The zero-order valence-corrected chi connectivity index (χ0v) is 14.4. The van der Waals surface area contributed by atoms with Gasteiger partial charge in [-0.3, -0.25) is 4.79 Å². The Morgan fingerprint density at radius 1 is 1.12 bits per heavy atom. The number of benzene rings is 1. The number of carbonyl (C=O) groups excluding carboxylic acids is 2. The molecular weight excluding hydrogens is 342 g/mol. The zero-order valence-electron chi connectivity index (χ0n) is 13.6. The number of amides is 1. The maximum Gasteiger partial charge on any atom is 0.354 e. The van der Waals surface area contributed by atoms with Crippen LogP contribution in [0.2, 0.25) is 0 Å². The number of aryl methyl sites for hydroxylation is 1. The quantitative estimate of drug-likeness (QED) is 0.549. The topological polar surface area (TPSA) is 77.8 Å². The molecule has 3 aromatic rings. The van der Waals surface area contributed by atoms with E-state index in [0.29, 0.717) is 26.9 Å². The van der Waals surface area contributed by atoms with Gasteiger partial charge in [-0.2, -0.15) is 0 Å². The van der Waals surface area contributed by atoms with E-state index in [9.17, 15) is 9.59 Å². The highest BCUT2D eigenvalue weighted by atomic mass is 32.1. The first-order valence-corrected chi connectivity index (χ1v) is 8.20. The molecule has 0 spiro atoms. The third kappa shape index (κ3) is 3.72. The molecule has 25 heavy (non-hydrogen) atoms. The minimum atomic E-state index is -0.509. The standard InChI is InChI=1S/C18H15NO5S/c1-11-10-15(19-17(20)14-8-5-9-23-14)25-16(11)18(21)24-13-7-4-3-6-12(13)22-2/h3-10H,1-2H3,(H,19,20). The summed E-state index contributed by atoms with van der Waals surface area (Å²) in [5.41, 5.74) is 0.708. The van der Waals surface area contributed by atoms with Crippen LogP contribution in [0.1, 0.15) is 25.8 Å². The van der Waals surface area contributed by atoms with Crippen LogP contribution in [0.25, 0.3) is 0 Å². The molecule has 0 aliphatic heterocycles. The van der Waals surface area contributed by atoms with Crippen molar-refractivity contribution in [2.75, 3.05) is 12.4 Å². The molecule has 0 fully saturated rings. The lowest BCUT2D eigenvalue weighted by atomic mass is 10.3. The van der Waals surface area contributed by atoms with Crippen LogP contribution >= 0.6 is 11.3 Å². The molecule has 0 bridgehead atoms. The number of rotatable bonds is 5. The average Bonchev–Trinajstić information content (AvgIpc) is 3.25. The third-order valence-electron chi connectivity index (χ3n) is 3.36. The molecule has 0 aliphatic carbocycles. The number of furan rings is 1. The molecule has 1 amide bonds. The Balaban J connectivity index is 1.75. The van der Waals surface area contributed by atoms with Crippen molar-refractivity contribution in [2.24, 2.45) is 0 Å². The number of carbonyl (C=O) groups is 2. The maximum absolute atomic E-state index is 12.4. The van der Waals surface area contributed by atoms with E-state index in [1.165, 1.54) is 13.4 Å². The van der Waals surface area contributed by atoms with Crippen molar-refractivity contribution in [3.05, 3.63) is 64.9 Å².